The van der Waals surface area contributed by atoms with E-state index in [1.54, 1.807) is 18.3 Å². The third-order valence-electron chi connectivity index (χ3n) is 4.77. The Bertz CT molecular complexity index is 1420. The molecule has 10 nitrogen and oxygen atoms in total. The summed E-state index contributed by atoms with van der Waals surface area (Å²) in [5.74, 6) is 0. The minimum atomic E-state index is -3.79. The second-order valence-corrected chi connectivity index (χ2v) is 8.35. The van der Waals surface area contributed by atoms with E-state index in [9.17, 15) is 13.7 Å². The number of aliphatic imine (C=N–C) groups is 1. The molecule has 3 aromatic heterocycles. The van der Waals surface area contributed by atoms with Gasteiger partial charge in [0.1, 0.15) is 22.1 Å². The summed E-state index contributed by atoms with van der Waals surface area (Å²) >= 11 is 0. The highest BCUT2D eigenvalue weighted by Gasteiger charge is 2.31. The summed E-state index contributed by atoms with van der Waals surface area (Å²) in [7, 11) is -3.79. The maximum atomic E-state index is 12.7. The third-order valence-corrected chi connectivity index (χ3v) is 6.32. The van der Waals surface area contributed by atoms with Gasteiger partial charge in [0.15, 0.2) is 5.52 Å². The van der Waals surface area contributed by atoms with Crippen LogP contribution in [0.25, 0.3) is 22.1 Å². The number of rotatable bonds is 4. The summed E-state index contributed by atoms with van der Waals surface area (Å²) in [6.07, 6.45) is 4.11. The fourth-order valence-corrected chi connectivity index (χ4v) is 4.71. The molecule has 0 spiro atoms. The van der Waals surface area contributed by atoms with Crippen molar-refractivity contribution in [2.24, 2.45) is 4.99 Å². The van der Waals surface area contributed by atoms with Gasteiger partial charge in [0.05, 0.1) is 11.3 Å². The van der Waals surface area contributed by atoms with Gasteiger partial charge in [-0.15, -0.1) is 0 Å². The molecule has 0 atom stereocenters. The van der Waals surface area contributed by atoms with E-state index < -0.39 is 10.0 Å². The summed E-state index contributed by atoms with van der Waals surface area (Å²) in [4.78, 5) is 11.8. The highest BCUT2D eigenvalue weighted by molar-refractivity contribution is 7.89. The van der Waals surface area contributed by atoms with Crippen molar-refractivity contribution in [1.82, 2.24) is 25.0 Å². The van der Waals surface area contributed by atoms with E-state index in [2.05, 4.69) is 40.7 Å². The normalized spacial score (nSPS) is 16.7. The fourth-order valence-electron chi connectivity index (χ4n) is 3.32. The van der Waals surface area contributed by atoms with E-state index in [-0.39, 0.29) is 16.5 Å². The van der Waals surface area contributed by atoms with Crippen LogP contribution in [0.2, 0.25) is 0 Å². The van der Waals surface area contributed by atoms with Gasteiger partial charge in [0.25, 0.3) is 0 Å². The molecule has 3 heterocycles. The Balaban J connectivity index is 1.37. The molecule has 1 aliphatic rings. The number of aromatic amines is 1. The lowest BCUT2D eigenvalue weighted by Crippen LogP contribution is -2.44. The molecule has 1 aromatic carbocycles. The van der Waals surface area contributed by atoms with Gasteiger partial charge in [-0.3, -0.25) is 4.99 Å². The number of pyridine rings is 1. The van der Waals surface area contributed by atoms with Crippen LogP contribution < -0.4 is 4.72 Å². The second kappa shape index (κ2) is 6.47. The minimum Gasteiger partial charge on any atom is -0.346 e. The lowest BCUT2D eigenvalue weighted by molar-refractivity contribution is 0.315. The molecule has 29 heavy (non-hydrogen) atoms. The lowest BCUT2D eigenvalue weighted by Gasteiger charge is -2.28. The monoisotopic (exact) mass is 407 g/mol. The zero-order valence-corrected chi connectivity index (χ0v) is 15.6. The molecule has 0 aliphatic heterocycles. The predicted octanol–water partition coefficient (Wildman–Crippen LogP) is 2.18. The fraction of sp³-hybridized carbons (Fsp3) is 0.167. The molecule has 1 saturated carbocycles. The van der Waals surface area contributed by atoms with Gasteiger partial charge in [0.2, 0.25) is 10.0 Å². The molecule has 0 unspecified atom stereocenters. The molecule has 0 saturated heterocycles. The largest absolute Gasteiger partial charge is 0.346 e. The van der Waals surface area contributed by atoms with E-state index in [4.69, 9.17) is 0 Å². The van der Waals surface area contributed by atoms with Crippen LogP contribution in [0.3, 0.4) is 0 Å². The average molecular weight is 407 g/mol. The zero-order chi connectivity index (χ0) is 20.0. The van der Waals surface area contributed by atoms with Gasteiger partial charge >= 0.3 is 0 Å². The number of fused-ring (bicyclic) bond motifs is 2. The number of sulfonamides is 1. The Labute approximate surface area is 164 Å². The Kier molecular flexibility index (Phi) is 3.90. The number of benzene rings is 1. The summed E-state index contributed by atoms with van der Waals surface area (Å²) in [5.41, 5.74) is 2.95. The molecule has 5 rings (SSSR count). The van der Waals surface area contributed by atoms with Crippen molar-refractivity contribution in [2.45, 2.75) is 23.8 Å². The van der Waals surface area contributed by atoms with Crippen LogP contribution in [0.15, 0.2) is 51.2 Å². The van der Waals surface area contributed by atoms with Crippen LogP contribution in [0.1, 0.15) is 18.4 Å². The first-order valence-electron chi connectivity index (χ1n) is 8.71. The first-order valence-corrected chi connectivity index (χ1v) is 10.2. The minimum absolute atomic E-state index is 0.0246. The van der Waals surface area contributed by atoms with Crippen LogP contribution in [0.5, 0.6) is 0 Å². The van der Waals surface area contributed by atoms with Crippen molar-refractivity contribution in [3.8, 4) is 6.07 Å². The molecule has 2 N–H and O–H groups in total. The molecule has 1 fully saturated rings. The molecule has 11 heteroatoms. The smallest absolute Gasteiger partial charge is 0.243 e. The summed E-state index contributed by atoms with van der Waals surface area (Å²) in [6, 6.07) is 8.30. The number of H-pyrrole nitrogens is 1. The van der Waals surface area contributed by atoms with Gasteiger partial charge in [-0.1, -0.05) is 6.07 Å². The van der Waals surface area contributed by atoms with Crippen LogP contribution >= 0.6 is 0 Å². The van der Waals surface area contributed by atoms with Crippen molar-refractivity contribution in [1.29, 1.82) is 5.26 Å². The number of hydrogen-bond donors (Lipinski definition) is 2. The quantitative estimate of drug-likeness (QED) is 0.526. The molecular weight excluding hydrogens is 394 g/mol. The highest BCUT2D eigenvalue weighted by Crippen LogP contribution is 2.31. The summed E-state index contributed by atoms with van der Waals surface area (Å²) < 4.78 is 32.8. The molecule has 4 aromatic rings. The standard InChI is InChI=1S/C18H13N7O3S/c19-8-10-9-21-18-13(4-5-20-18)16(10)22-11-6-12(7-11)25-29(26,27)15-3-1-2-14-17(15)24-28-23-14/h1-5,9,12,25H,6-7H2,(H,20,21). The van der Waals surface area contributed by atoms with Crippen LogP contribution in [-0.4, -0.2) is 40.5 Å². The number of hydrogen-bond acceptors (Lipinski definition) is 8. The van der Waals surface area contributed by atoms with Crippen molar-refractivity contribution >= 4 is 43.5 Å². The molecule has 0 amide bonds. The SMILES string of the molecule is N#Cc1cnc2[nH]ccc2c1N=C1CC(NS(=O)(=O)c2cccc3nonc23)C1. The third kappa shape index (κ3) is 2.95. The number of nitrogens with zero attached hydrogens (tertiary/aromatic N) is 5. The maximum Gasteiger partial charge on any atom is 0.243 e. The Morgan fingerprint density at radius 3 is 2.97 bits per heavy atom. The van der Waals surface area contributed by atoms with Gasteiger partial charge in [-0.2, -0.15) is 5.26 Å². The van der Waals surface area contributed by atoms with E-state index in [0.717, 1.165) is 11.1 Å². The van der Waals surface area contributed by atoms with E-state index in [1.165, 1.54) is 12.3 Å². The van der Waals surface area contributed by atoms with Gasteiger partial charge < -0.3 is 4.98 Å². The topological polar surface area (TPSA) is 150 Å². The second-order valence-electron chi connectivity index (χ2n) is 6.66. The zero-order valence-electron chi connectivity index (χ0n) is 14.8. The van der Waals surface area contributed by atoms with Gasteiger partial charge in [-0.25, -0.2) is 22.8 Å². The van der Waals surface area contributed by atoms with E-state index >= 15 is 0 Å². The molecule has 1 aliphatic carbocycles. The molecular formula is C18H13N7O3S. The highest BCUT2D eigenvalue weighted by atomic mass is 32.2. The van der Waals surface area contributed by atoms with Crippen molar-refractivity contribution in [2.75, 3.05) is 0 Å². The first-order chi connectivity index (χ1) is 14.0. The van der Waals surface area contributed by atoms with E-state index in [1.807, 2.05) is 6.07 Å². The molecule has 144 valence electrons. The van der Waals surface area contributed by atoms with Crippen LogP contribution in [0, 0.1) is 11.3 Å². The maximum absolute atomic E-state index is 12.7. The van der Waals surface area contributed by atoms with Gasteiger partial charge in [0, 0.05) is 42.4 Å². The van der Waals surface area contributed by atoms with Crippen molar-refractivity contribution < 1.29 is 13.0 Å². The van der Waals surface area contributed by atoms with Gasteiger partial charge in [-0.05, 0) is 28.5 Å². The first kappa shape index (κ1) is 17.5. The van der Waals surface area contributed by atoms with Crippen molar-refractivity contribution in [3.63, 3.8) is 0 Å². The molecule has 0 bridgehead atoms. The number of nitriles is 1. The molecule has 0 radical (unpaired) electrons. The summed E-state index contributed by atoms with van der Waals surface area (Å²) in [6.45, 7) is 0. The number of aromatic nitrogens is 4. The predicted molar refractivity (Wildman–Crippen MR) is 103 cm³/mol. The van der Waals surface area contributed by atoms with E-state index in [0.29, 0.717) is 35.3 Å². The lowest BCUT2D eigenvalue weighted by atomic mass is 9.91. The Hall–Kier alpha value is -3.62. The Morgan fingerprint density at radius 1 is 1.28 bits per heavy atom. The number of nitrogens with one attached hydrogen (secondary N) is 2. The average Bonchev–Trinajstić information content (AvgIpc) is 3.34. The Morgan fingerprint density at radius 2 is 2.14 bits per heavy atom. The van der Waals surface area contributed by atoms with Crippen LogP contribution in [-0.2, 0) is 10.0 Å². The van der Waals surface area contributed by atoms with Crippen molar-refractivity contribution in [3.05, 3.63) is 42.2 Å². The summed E-state index contributed by atoms with van der Waals surface area (Å²) in [5, 5.41) is 17.4. The van der Waals surface area contributed by atoms with Crippen LogP contribution in [0.4, 0.5) is 5.69 Å².